The molecule has 0 aromatic rings. The molecule has 0 aromatic carbocycles. The lowest BCUT2D eigenvalue weighted by Gasteiger charge is -2.16. The van der Waals surface area contributed by atoms with E-state index in [-0.39, 0.29) is 5.97 Å². The van der Waals surface area contributed by atoms with Crippen molar-refractivity contribution in [1.82, 2.24) is 5.32 Å². The Bertz CT molecular complexity index is 789. The standard InChI is InChI=1S/C48H94N2O4/c1-2-3-4-5-6-7-8-9-10-11-12-19-24-29-34-39-44-54-48(53)42-37-32-27-22-17-14-18-23-28-33-38-43-50-46(45-49)40-35-30-25-20-15-13-16-21-26-31-36-41-47(51)52/h9-10,46,50H,2-8,11-45,49H2,1H3,(H,51,52)/b10-9-. The Morgan fingerprint density at radius 1 is 0.519 bits per heavy atom. The van der Waals surface area contributed by atoms with Crippen molar-refractivity contribution in [2.24, 2.45) is 5.73 Å². The largest absolute Gasteiger partial charge is 0.481 e. The van der Waals surface area contributed by atoms with Gasteiger partial charge < -0.3 is 20.9 Å². The van der Waals surface area contributed by atoms with Crippen LogP contribution in [-0.4, -0.2) is 42.8 Å². The highest BCUT2D eigenvalue weighted by atomic mass is 16.5. The van der Waals surface area contributed by atoms with E-state index in [0.29, 0.717) is 25.5 Å². The van der Waals surface area contributed by atoms with Gasteiger partial charge in [0, 0.05) is 25.4 Å². The number of hydrogen-bond acceptors (Lipinski definition) is 5. The number of carbonyl (C=O) groups is 2. The zero-order valence-electron chi connectivity index (χ0n) is 36.2. The number of nitrogens with two attached hydrogens (primary N) is 1. The van der Waals surface area contributed by atoms with Crippen molar-refractivity contribution in [3.05, 3.63) is 12.2 Å². The number of rotatable bonds is 46. The number of carbonyl (C=O) groups excluding carboxylic acids is 1. The molecule has 4 N–H and O–H groups in total. The number of hydrogen-bond donors (Lipinski definition) is 3. The molecule has 0 aromatic heterocycles. The Kier molecular flexibility index (Phi) is 44.8. The Morgan fingerprint density at radius 2 is 0.907 bits per heavy atom. The third-order valence-electron chi connectivity index (χ3n) is 11.1. The number of carboxylic acids is 1. The maximum atomic E-state index is 12.0. The summed E-state index contributed by atoms with van der Waals surface area (Å²) in [6.45, 7) is 4.73. The second kappa shape index (κ2) is 46.0. The molecule has 0 aliphatic rings. The summed E-state index contributed by atoms with van der Waals surface area (Å²) in [5.74, 6) is -0.660. The average Bonchev–Trinajstić information content (AvgIpc) is 3.16. The summed E-state index contributed by atoms with van der Waals surface area (Å²) in [5, 5.41) is 12.4. The first-order valence-corrected chi connectivity index (χ1v) is 24.1. The van der Waals surface area contributed by atoms with Crippen molar-refractivity contribution in [3.63, 3.8) is 0 Å². The van der Waals surface area contributed by atoms with Crippen LogP contribution >= 0.6 is 0 Å². The third kappa shape index (κ3) is 45.0. The van der Waals surface area contributed by atoms with Crippen LogP contribution in [0.15, 0.2) is 12.2 Å². The van der Waals surface area contributed by atoms with E-state index in [1.54, 1.807) is 0 Å². The first-order valence-electron chi connectivity index (χ1n) is 24.1. The minimum atomic E-state index is -0.665. The molecule has 0 saturated heterocycles. The quantitative estimate of drug-likeness (QED) is 0.0324. The third-order valence-corrected chi connectivity index (χ3v) is 11.1. The highest BCUT2D eigenvalue weighted by molar-refractivity contribution is 5.69. The highest BCUT2D eigenvalue weighted by Crippen LogP contribution is 2.15. The van der Waals surface area contributed by atoms with Crippen LogP contribution in [0.2, 0.25) is 0 Å². The van der Waals surface area contributed by atoms with E-state index in [0.717, 1.165) is 45.2 Å². The van der Waals surface area contributed by atoms with Gasteiger partial charge in [0.15, 0.2) is 0 Å². The molecule has 1 unspecified atom stereocenters. The fourth-order valence-electron chi connectivity index (χ4n) is 7.46. The highest BCUT2D eigenvalue weighted by Gasteiger charge is 2.06. The molecule has 320 valence electrons. The van der Waals surface area contributed by atoms with E-state index in [2.05, 4.69) is 24.4 Å². The summed E-state index contributed by atoms with van der Waals surface area (Å²) in [7, 11) is 0. The molecule has 0 aliphatic carbocycles. The van der Waals surface area contributed by atoms with Crippen molar-refractivity contribution >= 4 is 11.9 Å². The fraction of sp³-hybridized carbons (Fsp3) is 0.917. The topological polar surface area (TPSA) is 102 Å². The van der Waals surface area contributed by atoms with Gasteiger partial charge in [0.1, 0.15) is 0 Å². The zero-order chi connectivity index (χ0) is 39.3. The maximum absolute atomic E-state index is 12.0. The number of esters is 1. The van der Waals surface area contributed by atoms with Gasteiger partial charge in [-0.1, -0.05) is 199 Å². The summed E-state index contributed by atoms with van der Waals surface area (Å²) >= 11 is 0. The molecule has 0 spiro atoms. The van der Waals surface area contributed by atoms with Crippen LogP contribution in [0.4, 0.5) is 0 Å². The molecule has 6 nitrogen and oxygen atoms in total. The predicted molar refractivity (Wildman–Crippen MR) is 234 cm³/mol. The van der Waals surface area contributed by atoms with Gasteiger partial charge in [-0.25, -0.2) is 0 Å². The second-order valence-corrected chi connectivity index (χ2v) is 16.5. The lowest BCUT2D eigenvalue weighted by Crippen LogP contribution is -2.36. The van der Waals surface area contributed by atoms with Crippen molar-refractivity contribution < 1.29 is 19.4 Å². The molecule has 0 radical (unpaired) electrons. The van der Waals surface area contributed by atoms with Gasteiger partial charge >= 0.3 is 11.9 Å². The molecule has 0 rings (SSSR count). The Labute approximate surface area is 336 Å². The summed E-state index contributed by atoms with van der Waals surface area (Å²) < 4.78 is 5.47. The van der Waals surface area contributed by atoms with Crippen LogP contribution in [0.25, 0.3) is 0 Å². The number of ether oxygens (including phenoxy) is 1. The van der Waals surface area contributed by atoms with Crippen LogP contribution in [-0.2, 0) is 14.3 Å². The van der Waals surface area contributed by atoms with Crippen molar-refractivity contribution in [3.8, 4) is 0 Å². The lowest BCUT2D eigenvalue weighted by molar-refractivity contribution is -0.144. The van der Waals surface area contributed by atoms with E-state index in [1.807, 2.05) is 0 Å². The Morgan fingerprint density at radius 3 is 1.37 bits per heavy atom. The number of carboxylic acid groups (broad SMARTS) is 1. The van der Waals surface area contributed by atoms with Gasteiger partial charge in [-0.3, -0.25) is 9.59 Å². The van der Waals surface area contributed by atoms with Crippen molar-refractivity contribution in [2.75, 3.05) is 19.7 Å². The van der Waals surface area contributed by atoms with E-state index < -0.39 is 5.97 Å². The van der Waals surface area contributed by atoms with Gasteiger partial charge in [-0.2, -0.15) is 0 Å². The van der Waals surface area contributed by atoms with Gasteiger partial charge in [-0.05, 0) is 64.3 Å². The summed E-state index contributed by atoms with van der Waals surface area (Å²) in [4.78, 5) is 22.6. The molecule has 6 heteroatoms. The fourth-order valence-corrected chi connectivity index (χ4v) is 7.46. The van der Waals surface area contributed by atoms with Gasteiger partial charge in [0.25, 0.3) is 0 Å². The molecule has 0 heterocycles. The first kappa shape index (κ1) is 52.6. The Hall–Kier alpha value is -1.40. The SMILES string of the molecule is CCCCCCCC/C=C\CCCCCCCCOC(=O)CCCCCCCCCCCCCNC(CN)CCCCCCCCCCCCCC(=O)O. The van der Waals surface area contributed by atoms with Crippen LogP contribution < -0.4 is 11.1 Å². The summed E-state index contributed by atoms with van der Waals surface area (Å²) in [5.41, 5.74) is 6.04. The van der Waals surface area contributed by atoms with E-state index in [9.17, 15) is 9.59 Å². The second-order valence-electron chi connectivity index (χ2n) is 16.5. The van der Waals surface area contributed by atoms with Gasteiger partial charge in [0.2, 0.25) is 0 Å². The van der Waals surface area contributed by atoms with Gasteiger partial charge in [-0.15, -0.1) is 0 Å². The molecule has 0 bridgehead atoms. The molecule has 1 atom stereocenters. The van der Waals surface area contributed by atoms with Crippen molar-refractivity contribution in [1.29, 1.82) is 0 Å². The number of aliphatic carboxylic acids is 1. The van der Waals surface area contributed by atoms with Gasteiger partial charge in [0.05, 0.1) is 6.61 Å². The van der Waals surface area contributed by atoms with Crippen LogP contribution in [0.5, 0.6) is 0 Å². The maximum Gasteiger partial charge on any atom is 0.305 e. The van der Waals surface area contributed by atoms with E-state index in [1.165, 1.54) is 205 Å². The molecule has 0 aliphatic heterocycles. The van der Waals surface area contributed by atoms with Crippen LogP contribution in [0.1, 0.15) is 257 Å². The molecular weight excluding hydrogens is 669 g/mol. The predicted octanol–water partition coefficient (Wildman–Crippen LogP) is 14.3. The molecule has 0 fully saturated rings. The lowest BCUT2D eigenvalue weighted by atomic mass is 10.0. The summed E-state index contributed by atoms with van der Waals surface area (Å²) in [6.07, 6.45) is 52.7. The minimum absolute atomic E-state index is 0.00520. The van der Waals surface area contributed by atoms with E-state index in [4.69, 9.17) is 15.6 Å². The Balaban J connectivity index is 3.31. The number of nitrogens with one attached hydrogen (secondary N) is 1. The van der Waals surface area contributed by atoms with Crippen molar-refractivity contribution in [2.45, 2.75) is 263 Å². The van der Waals surface area contributed by atoms with Crippen LogP contribution in [0, 0.1) is 0 Å². The van der Waals surface area contributed by atoms with E-state index >= 15 is 0 Å². The first-order chi connectivity index (χ1) is 26.6. The zero-order valence-corrected chi connectivity index (χ0v) is 36.2. The smallest absolute Gasteiger partial charge is 0.305 e. The molecular formula is C48H94N2O4. The van der Waals surface area contributed by atoms with Crippen LogP contribution in [0.3, 0.4) is 0 Å². The normalized spacial score (nSPS) is 12.2. The molecule has 54 heavy (non-hydrogen) atoms. The summed E-state index contributed by atoms with van der Waals surface area (Å²) in [6, 6.07) is 0.476. The molecule has 0 amide bonds. The molecule has 0 saturated carbocycles. The monoisotopic (exact) mass is 763 g/mol. The minimum Gasteiger partial charge on any atom is -0.481 e. The number of allylic oxidation sites excluding steroid dienone is 2. The number of unbranched alkanes of at least 4 members (excludes halogenated alkanes) is 32. The average molecular weight is 763 g/mol.